The number of hydrogen-bond acceptors (Lipinski definition) is 1. The zero-order chi connectivity index (χ0) is 10.3. The minimum absolute atomic E-state index is 0.0239. The first-order chi connectivity index (χ1) is 6.59. The third-order valence-electron chi connectivity index (χ3n) is 1.82. The quantitative estimate of drug-likeness (QED) is 0.789. The van der Waals surface area contributed by atoms with Crippen LogP contribution in [0.1, 0.15) is 10.5 Å². The smallest absolute Gasteiger partial charge is 0.352 e. The van der Waals surface area contributed by atoms with E-state index in [1.807, 2.05) is 0 Å². The molecule has 0 amide bonds. The van der Waals surface area contributed by atoms with Gasteiger partial charge in [0.1, 0.15) is 5.69 Å². The van der Waals surface area contributed by atoms with Crippen LogP contribution in [0.2, 0.25) is 10.0 Å². The molecule has 0 aliphatic heterocycles. The van der Waals surface area contributed by atoms with Crippen molar-refractivity contribution < 1.29 is 9.90 Å². The highest BCUT2D eigenvalue weighted by atomic mass is 35.5. The molecule has 2 N–H and O–H groups in total. The van der Waals surface area contributed by atoms with Crippen molar-refractivity contribution in [1.82, 2.24) is 4.98 Å². The maximum absolute atomic E-state index is 10.6. The lowest BCUT2D eigenvalue weighted by Crippen LogP contribution is -1.95. The zero-order valence-electron chi connectivity index (χ0n) is 6.77. The highest BCUT2D eigenvalue weighted by molar-refractivity contribution is 6.45. The van der Waals surface area contributed by atoms with Gasteiger partial charge in [0.2, 0.25) is 0 Å². The summed E-state index contributed by atoms with van der Waals surface area (Å²) in [5, 5.41) is 9.90. The van der Waals surface area contributed by atoms with Gasteiger partial charge in [0.05, 0.1) is 10.0 Å². The van der Waals surface area contributed by atoms with E-state index in [1.54, 1.807) is 12.1 Å². The summed E-state index contributed by atoms with van der Waals surface area (Å²) in [6, 6.07) is 5.89. The molecule has 14 heavy (non-hydrogen) atoms. The molecule has 0 aliphatic carbocycles. The van der Waals surface area contributed by atoms with Crippen molar-refractivity contribution in [2.75, 3.05) is 0 Å². The molecule has 1 heterocycles. The van der Waals surface area contributed by atoms with Gasteiger partial charge in [-0.05, 0) is 12.1 Å². The number of benzene rings is 1. The fourth-order valence-corrected chi connectivity index (χ4v) is 1.54. The van der Waals surface area contributed by atoms with Gasteiger partial charge < -0.3 is 10.1 Å². The summed E-state index contributed by atoms with van der Waals surface area (Å²) in [5.41, 5.74) is 0.584. The van der Waals surface area contributed by atoms with Gasteiger partial charge in [0, 0.05) is 17.0 Å². The molecule has 0 saturated heterocycles. The standard InChI is InChI=1S/C9H4Cl2NO2/c10-5-1-2-6-4(8(5)11)3-7(12-6)9(13)14/h1-2,12H,(H,13,14). The Balaban J connectivity index is 2.77. The number of H-pyrrole nitrogens is 1. The van der Waals surface area contributed by atoms with Gasteiger partial charge in [-0.2, -0.15) is 0 Å². The lowest BCUT2D eigenvalue weighted by atomic mass is 10.2. The second-order valence-electron chi connectivity index (χ2n) is 2.71. The van der Waals surface area contributed by atoms with Crippen molar-refractivity contribution >= 4 is 40.1 Å². The van der Waals surface area contributed by atoms with Crippen molar-refractivity contribution in [1.29, 1.82) is 0 Å². The van der Waals surface area contributed by atoms with Crippen LogP contribution >= 0.6 is 23.2 Å². The summed E-state index contributed by atoms with van der Waals surface area (Å²) in [4.78, 5) is 13.3. The van der Waals surface area contributed by atoms with E-state index in [0.29, 0.717) is 20.9 Å². The fourth-order valence-electron chi connectivity index (χ4n) is 1.17. The molecule has 0 unspecified atom stereocenters. The maximum atomic E-state index is 10.6. The molecule has 71 valence electrons. The van der Waals surface area contributed by atoms with Gasteiger partial charge in [-0.1, -0.05) is 23.2 Å². The summed E-state index contributed by atoms with van der Waals surface area (Å²) in [5.74, 6) is -1.08. The molecule has 0 atom stereocenters. The monoisotopic (exact) mass is 228 g/mol. The molecular formula is C9H4Cl2NO2. The Morgan fingerprint density at radius 2 is 2.14 bits per heavy atom. The number of fused-ring (bicyclic) bond motifs is 1. The predicted octanol–water partition coefficient (Wildman–Crippen LogP) is 2.97. The number of rotatable bonds is 1. The molecule has 2 rings (SSSR count). The SMILES string of the molecule is O=C(O)c1[c]c2c(Cl)c(Cl)ccc2[nH]1. The second-order valence-corrected chi connectivity index (χ2v) is 3.50. The van der Waals surface area contributed by atoms with Gasteiger partial charge in [-0.25, -0.2) is 4.79 Å². The number of aromatic amines is 1. The largest absolute Gasteiger partial charge is 0.477 e. The average Bonchev–Trinajstić information content (AvgIpc) is 2.56. The van der Waals surface area contributed by atoms with E-state index in [2.05, 4.69) is 11.1 Å². The molecule has 0 fully saturated rings. The van der Waals surface area contributed by atoms with E-state index < -0.39 is 5.97 Å². The summed E-state index contributed by atoms with van der Waals surface area (Å²) < 4.78 is 0. The molecule has 0 saturated carbocycles. The molecule has 0 bridgehead atoms. The Labute approximate surface area is 89.2 Å². The zero-order valence-corrected chi connectivity index (χ0v) is 8.28. The predicted molar refractivity (Wildman–Crippen MR) is 54.1 cm³/mol. The summed E-state index contributed by atoms with van der Waals surface area (Å²) in [6.07, 6.45) is 0. The lowest BCUT2D eigenvalue weighted by molar-refractivity contribution is 0.0691. The van der Waals surface area contributed by atoms with Gasteiger partial charge in [0.15, 0.2) is 0 Å². The van der Waals surface area contributed by atoms with Crippen LogP contribution in [-0.4, -0.2) is 16.1 Å². The van der Waals surface area contributed by atoms with Crippen LogP contribution in [0.4, 0.5) is 0 Å². The van der Waals surface area contributed by atoms with Gasteiger partial charge in [-0.15, -0.1) is 0 Å². The van der Waals surface area contributed by atoms with Crippen molar-refractivity contribution in [2.24, 2.45) is 0 Å². The molecule has 2 aromatic rings. The molecule has 1 aromatic heterocycles. The molecule has 5 heteroatoms. The average molecular weight is 229 g/mol. The van der Waals surface area contributed by atoms with Crippen LogP contribution in [0.25, 0.3) is 10.9 Å². The Morgan fingerprint density at radius 3 is 2.79 bits per heavy atom. The minimum atomic E-state index is -1.08. The van der Waals surface area contributed by atoms with Gasteiger partial charge in [0.25, 0.3) is 0 Å². The first kappa shape index (κ1) is 9.37. The van der Waals surface area contributed by atoms with Crippen molar-refractivity contribution in [3.8, 4) is 0 Å². The van der Waals surface area contributed by atoms with Crippen LogP contribution in [-0.2, 0) is 0 Å². The third-order valence-corrected chi connectivity index (χ3v) is 2.62. The normalized spacial score (nSPS) is 10.7. The topological polar surface area (TPSA) is 53.1 Å². The second kappa shape index (κ2) is 3.19. The van der Waals surface area contributed by atoms with Crippen LogP contribution in [0.3, 0.4) is 0 Å². The van der Waals surface area contributed by atoms with E-state index in [9.17, 15) is 4.79 Å². The number of nitrogens with one attached hydrogen (secondary N) is 1. The first-order valence-electron chi connectivity index (χ1n) is 3.72. The van der Waals surface area contributed by atoms with Crippen LogP contribution in [0, 0.1) is 6.07 Å². The minimum Gasteiger partial charge on any atom is -0.477 e. The van der Waals surface area contributed by atoms with E-state index in [0.717, 1.165) is 0 Å². The summed E-state index contributed by atoms with van der Waals surface area (Å²) in [7, 11) is 0. The number of aromatic nitrogens is 1. The van der Waals surface area contributed by atoms with Crippen LogP contribution in [0.15, 0.2) is 12.1 Å². The molecular weight excluding hydrogens is 225 g/mol. The lowest BCUT2D eigenvalue weighted by Gasteiger charge is -1.94. The van der Waals surface area contributed by atoms with Gasteiger partial charge in [-0.3, -0.25) is 0 Å². The fraction of sp³-hybridized carbons (Fsp3) is 0. The summed E-state index contributed by atoms with van der Waals surface area (Å²) in [6.45, 7) is 0. The summed E-state index contributed by atoms with van der Waals surface area (Å²) >= 11 is 11.6. The number of carboxylic acids is 1. The Kier molecular flexibility index (Phi) is 2.13. The molecule has 1 radical (unpaired) electrons. The molecule has 1 aromatic carbocycles. The van der Waals surface area contributed by atoms with Crippen molar-refractivity contribution in [2.45, 2.75) is 0 Å². The van der Waals surface area contributed by atoms with Gasteiger partial charge >= 0.3 is 5.97 Å². The van der Waals surface area contributed by atoms with Crippen LogP contribution < -0.4 is 0 Å². The number of carbonyl (C=O) groups is 1. The maximum Gasteiger partial charge on any atom is 0.352 e. The molecule has 3 nitrogen and oxygen atoms in total. The number of halogens is 2. The highest BCUT2D eigenvalue weighted by Crippen LogP contribution is 2.30. The number of hydrogen-bond donors (Lipinski definition) is 2. The Bertz CT molecular complexity index is 519. The highest BCUT2D eigenvalue weighted by Gasteiger charge is 2.11. The van der Waals surface area contributed by atoms with E-state index in [-0.39, 0.29) is 5.69 Å². The molecule has 0 spiro atoms. The number of carboxylic acid groups (broad SMARTS) is 1. The van der Waals surface area contributed by atoms with Crippen molar-refractivity contribution in [3.05, 3.63) is 33.9 Å². The first-order valence-corrected chi connectivity index (χ1v) is 4.47. The van der Waals surface area contributed by atoms with E-state index in [1.165, 1.54) is 0 Å². The Morgan fingerprint density at radius 1 is 1.43 bits per heavy atom. The number of aromatic carboxylic acids is 1. The Hall–Kier alpha value is -1.19. The van der Waals surface area contributed by atoms with E-state index in [4.69, 9.17) is 28.3 Å². The molecule has 0 aliphatic rings. The van der Waals surface area contributed by atoms with Crippen molar-refractivity contribution in [3.63, 3.8) is 0 Å². The van der Waals surface area contributed by atoms with Crippen LogP contribution in [0.5, 0.6) is 0 Å². The van der Waals surface area contributed by atoms with E-state index >= 15 is 0 Å². The third kappa shape index (κ3) is 1.35.